The summed E-state index contributed by atoms with van der Waals surface area (Å²) < 4.78 is 43.9. The minimum Gasteiger partial charge on any atom is -0.486 e. The van der Waals surface area contributed by atoms with Crippen LogP contribution in [0, 0.1) is 0 Å². The van der Waals surface area contributed by atoms with Crippen LogP contribution in [-0.4, -0.2) is 35.3 Å². The highest BCUT2D eigenvalue weighted by atomic mass is 35.5. The van der Waals surface area contributed by atoms with Gasteiger partial charge in [-0.05, 0) is 18.2 Å². The van der Waals surface area contributed by atoms with Crippen molar-refractivity contribution in [3.8, 4) is 11.5 Å². The lowest BCUT2D eigenvalue weighted by Gasteiger charge is -2.20. The quantitative estimate of drug-likeness (QED) is 0.830. The third-order valence-electron chi connectivity index (χ3n) is 3.82. The maximum Gasteiger partial charge on any atom is 0.240 e. The summed E-state index contributed by atoms with van der Waals surface area (Å²) in [6, 6.07) is 11.7. The van der Waals surface area contributed by atoms with Crippen molar-refractivity contribution in [1.82, 2.24) is 4.72 Å². The molecule has 0 unspecified atom stereocenters. The summed E-state index contributed by atoms with van der Waals surface area (Å²) in [6.07, 6.45) is -0.499. The van der Waals surface area contributed by atoms with Crippen LogP contribution in [0.3, 0.4) is 0 Å². The van der Waals surface area contributed by atoms with Gasteiger partial charge in [0.2, 0.25) is 10.0 Å². The van der Waals surface area contributed by atoms with E-state index < -0.39 is 16.1 Å². The number of ether oxygens (including phenoxy) is 3. The minimum atomic E-state index is -3.73. The highest BCUT2D eigenvalue weighted by Gasteiger charge is 2.22. The monoisotopic (exact) mass is 383 g/mol. The van der Waals surface area contributed by atoms with Gasteiger partial charge in [-0.2, -0.15) is 0 Å². The standard InChI is InChI=1S/C17H18ClNO5S/c1-22-17(13-4-2-3-5-14(13)18)11-19-25(20,21)12-6-7-15-16(10-12)24-9-8-23-15/h2-7,10,17,19H,8-9,11H2,1H3/t17-/m0/s1. The Hall–Kier alpha value is -1.80. The van der Waals surface area contributed by atoms with Crippen LogP contribution in [0.15, 0.2) is 47.4 Å². The Bertz CT molecular complexity index is 856. The molecule has 1 heterocycles. The lowest BCUT2D eigenvalue weighted by atomic mass is 10.1. The van der Waals surface area contributed by atoms with E-state index in [1.165, 1.54) is 19.2 Å². The SMILES string of the molecule is CO[C@@H](CNS(=O)(=O)c1ccc2c(c1)OCCO2)c1ccccc1Cl. The molecule has 0 amide bonds. The first-order valence-electron chi connectivity index (χ1n) is 7.68. The maximum absolute atomic E-state index is 12.6. The average Bonchev–Trinajstić information content (AvgIpc) is 2.63. The number of fused-ring (bicyclic) bond motifs is 1. The van der Waals surface area contributed by atoms with Crippen molar-refractivity contribution in [3.63, 3.8) is 0 Å². The summed E-state index contributed by atoms with van der Waals surface area (Å²) >= 11 is 6.16. The van der Waals surface area contributed by atoms with Crippen LogP contribution < -0.4 is 14.2 Å². The number of hydrogen-bond donors (Lipinski definition) is 1. The third kappa shape index (κ3) is 4.07. The Kier molecular flexibility index (Phi) is 5.48. The lowest BCUT2D eigenvalue weighted by Crippen LogP contribution is -2.29. The van der Waals surface area contributed by atoms with Gasteiger partial charge in [-0.3, -0.25) is 0 Å². The van der Waals surface area contributed by atoms with E-state index in [2.05, 4.69) is 4.72 Å². The second-order valence-corrected chi connectivity index (χ2v) is 7.58. The zero-order valence-electron chi connectivity index (χ0n) is 13.6. The molecule has 25 heavy (non-hydrogen) atoms. The van der Waals surface area contributed by atoms with E-state index in [9.17, 15) is 8.42 Å². The normalized spacial score (nSPS) is 15.0. The highest BCUT2D eigenvalue weighted by Crippen LogP contribution is 2.32. The molecule has 2 aromatic carbocycles. The molecule has 3 rings (SSSR count). The summed E-state index contributed by atoms with van der Waals surface area (Å²) in [6.45, 7) is 0.893. The average molecular weight is 384 g/mol. The molecule has 2 aromatic rings. The van der Waals surface area contributed by atoms with Gasteiger partial charge in [0.05, 0.1) is 11.0 Å². The van der Waals surface area contributed by atoms with Crippen LogP contribution in [0.1, 0.15) is 11.7 Å². The molecule has 0 saturated heterocycles. The van der Waals surface area contributed by atoms with Crippen LogP contribution in [-0.2, 0) is 14.8 Å². The first kappa shape index (κ1) is 18.0. The Balaban J connectivity index is 1.76. The minimum absolute atomic E-state index is 0.0526. The first-order chi connectivity index (χ1) is 12.0. The fraction of sp³-hybridized carbons (Fsp3) is 0.294. The van der Waals surface area contributed by atoms with E-state index >= 15 is 0 Å². The molecular weight excluding hydrogens is 366 g/mol. The van der Waals surface area contributed by atoms with Gasteiger partial charge in [-0.1, -0.05) is 29.8 Å². The van der Waals surface area contributed by atoms with E-state index in [1.54, 1.807) is 24.3 Å². The number of halogens is 1. The summed E-state index contributed by atoms with van der Waals surface area (Å²) in [7, 11) is -2.22. The number of methoxy groups -OCH3 is 1. The van der Waals surface area contributed by atoms with Crippen LogP contribution in [0.5, 0.6) is 11.5 Å². The first-order valence-corrected chi connectivity index (χ1v) is 9.54. The predicted molar refractivity (Wildman–Crippen MR) is 93.8 cm³/mol. The number of rotatable bonds is 6. The van der Waals surface area contributed by atoms with Gasteiger partial charge in [0.25, 0.3) is 0 Å². The summed E-state index contributed by atoms with van der Waals surface area (Å²) in [5, 5.41) is 0.521. The van der Waals surface area contributed by atoms with Gasteiger partial charge >= 0.3 is 0 Å². The fourth-order valence-electron chi connectivity index (χ4n) is 2.52. The van der Waals surface area contributed by atoms with Crippen LogP contribution in [0.25, 0.3) is 0 Å². The topological polar surface area (TPSA) is 73.9 Å². The Labute approximate surface area is 151 Å². The fourth-order valence-corrected chi connectivity index (χ4v) is 3.82. The van der Waals surface area contributed by atoms with Crippen LogP contribution in [0.4, 0.5) is 0 Å². The van der Waals surface area contributed by atoms with E-state index in [0.717, 1.165) is 5.56 Å². The second-order valence-electron chi connectivity index (χ2n) is 5.40. The maximum atomic E-state index is 12.6. The van der Waals surface area contributed by atoms with Crippen LogP contribution >= 0.6 is 11.6 Å². The Morgan fingerprint density at radius 3 is 2.60 bits per heavy atom. The summed E-state index contributed by atoms with van der Waals surface area (Å²) in [5.41, 5.74) is 0.719. The highest BCUT2D eigenvalue weighted by molar-refractivity contribution is 7.89. The van der Waals surface area contributed by atoms with Crippen LogP contribution in [0.2, 0.25) is 5.02 Å². The van der Waals surface area contributed by atoms with Crippen molar-refractivity contribution in [1.29, 1.82) is 0 Å². The Morgan fingerprint density at radius 1 is 1.16 bits per heavy atom. The molecule has 0 aliphatic carbocycles. The summed E-state index contributed by atoms with van der Waals surface area (Å²) in [4.78, 5) is 0.103. The Morgan fingerprint density at radius 2 is 1.88 bits per heavy atom. The molecular formula is C17H18ClNO5S. The zero-order chi connectivity index (χ0) is 17.9. The van der Waals surface area contributed by atoms with Gasteiger partial charge < -0.3 is 14.2 Å². The summed E-state index contributed by atoms with van der Waals surface area (Å²) in [5.74, 6) is 0.958. The second kappa shape index (κ2) is 7.61. The predicted octanol–water partition coefficient (Wildman–Crippen LogP) is 2.78. The molecule has 134 valence electrons. The van der Waals surface area contributed by atoms with Gasteiger partial charge in [0.15, 0.2) is 11.5 Å². The largest absolute Gasteiger partial charge is 0.486 e. The van der Waals surface area contributed by atoms with E-state index in [4.69, 9.17) is 25.8 Å². The van der Waals surface area contributed by atoms with Gasteiger partial charge in [-0.15, -0.1) is 0 Å². The number of hydrogen-bond acceptors (Lipinski definition) is 5. The van der Waals surface area contributed by atoms with E-state index in [0.29, 0.717) is 29.7 Å². The molecule has 1 aliphatic heterocycles. The molecule has 8 heteroatoms. The van der Waals surface area contributed by atoms with Crippen molar-refractivity contribution >= 4 is 21.6 Å². The van der Waals surface area contributed by atoms with Crippen molar-refractivity contribution < 1.29 is 22.6 Å². The molecule has 0 aromatic heterocycles. The molecule has 1 atom stereocenters. The molecule has 0 bridgehead atoms. The van der Waals surface area contributed by atoms with Crippen molar-refractivity contribution in [2.24, 2.45) is 0 Å². The van der Waals surface area contributed by atoms with Crippen molar-refractivity contribution in [2.45, 2.75) is 11.0 Å². The number of nitrogens with one attached hydrogen (secondary N) is 1. The van der Waals surface area contributed by atoms with Crippen molar-refractivity contribution in [2.75, 3.05) is 26.9 Å². The molecule has 0 radical (unpaired) electrons. The smallest absolute Gasteiger partial charge is 0.240 e. The molecule has 0 spiro atoms. The lowest BCUT2D eigenvalue weighted by molar-refractivity contribution is 0.107. The van der Waals surface area contributed by atoms with Gasteiger partial charge in [-0.25, -0.2) is 13.1 Å². The van der Waals surface area contributed by atoms with Gasteiger partial charge in [0.1, 0.15) is 13.2 Å². The zero-order valence-corrected chi connectivity index (χ0v) is 15.1. The third-order valence-corrected chi connectivity index (χ3v) is 5.58. The van der Waals surface area contributed by atoms with E-state index in [-0.39, 0.29) is 11.4 Å². The number of benzene rings is 2. The van der Waals surface area contributed by atoms with Crippen molar-refractivity contribution in [3.05, 3.63) is 53.1 Å². The van der Waals surface area contributed by atoms with E-state index in [1.807, 2.05) is 6.07 Å². The van der Waals surface area contributed by atoms with Gasteiger partial charge in [0, 0.05) is 30.3 Å². The molecule has 0 saturated carbocycles. The molecule has 6 nitrogen and oxygen atoms in total. The molecule has 0 fully saturated rings. The molecule has 1 N–H and O–H groups in total. The number of sulfonamides is 1. The molecule has 1 aliphatic rings.